The zero-order valence-corrected chi connectivity index (χ0v) is 19.0. The Morgan fingerprint density at radius 2 is 1.69 bits per heavy atom. The van der Waals surface area contributed by atoms with Crippen LogP contribution in [0.4, 0.5) is 0 Å². The lowest BCUT2D eigenvalue weighted by Gasteiger charge is -2.07. The van der Waals surface area contributed by atoms with Gasteiger partial charge in [0.15, 0.2) is 0 Å². The summed E-state index contributed by atoms with van der Waals surface area (Å²) in [6.45, 7) is 8.89. The van der Waals surface area contributed by atoms with E-state index in [0.717, 1.165) is 23.5 Å². The van der Waals surface area contributed by atoms with E-state index >= 15 is 0 Å². The molecule has 2 amide bonds. The summed E-state index contributed by atoms with van der Waals surface area (Å²) in [7, 11) is 3.18. The van der Waals surface area contributed by atoms with Crippen LogP contribution < -0.4 is 10.6 Å². The molecule has 0 atom stereocenters. The molecule has 0 radical (unpaired) electrons. The van der Waals surface area contributed by atoms with Crippen LogP contribution in [0.2, 0.25) is 0 Å². The van der Waals surface area contributed by atoms with Gasteiger partial charge in [-0.25, -0.2) is 0 Å². The largest absolute Gasteiger partial charge is 0.354 e. The molecule has 158 valence electrons. The maximum atomic E-state index is 11.9. The number of carbonyl (C=O) groups is 2. The third-order valence-corrected chi connectivity index (χ3v) is 6.26. The smallest absolute Gasteiger partial charge is 0.220 e. The van der Waals surface area contributed by atoms with Crippen molar-refractivity contribution in [2.24, 2.45) is 0 Å². The van der Waals surface area contributed by atoms with Gasteiger partial charge in [-0.2, -0.15) is 0 Å². The lowest BCUT2D eigenvalue weighted by atomic mass is 10.1. The Bertz CT molecular complexity index is 697. The molecule has 0 bridgehead atoms. The normalized spacial score (nSPS) is 11.1. The fourth-order valence-corrected chi connectivity index (χ4v) is 4.10. The van der Waals surface area contributed by atoms with Crippen molar-refractivity contribution in [1.29, 1.82) is 0 Å². The summed E-state index contributed by atoms with van der Waals surface area (Å²) in [6.07, 6.45) is 10.5. The molecule has 0 heterocycles. The number of carbonyl (C=O) groups excluding carboxylic acids is 2. The zero-order valence-electron chi connectivity index (χ0n) is 17.4. The number of benzene rings is 1. The monoisotopic (exact) mass is 432 g/mol. The third-order valence-electron chi connectivity index (χ3n) is 3.92. The van der Waals surface area contributed by atoms with E-state index in [0.29, 0.717) is 25.9 Å². The molecule has 0 fully saturated rings. The van der Waals surface area contributed by atoms with Crippen molar-refractivity contribution in [1.82, 2.24) is 10.6 Å². The number of rotatable bonds is 14. The standard InChI is InChI=1S/C23H32N2O2S2/c1-4-5-6-8-20(3)29-28-18-15-23(27)25-17-16-24-22(26)10-7-9-21-13-11-19(2)12-14-21/h4-6,8,11-14H,3,7,9-10,15-18H2,1-2H3,(H,24,26)(H,25,27)/b5-4-,8-6-. The van der Waals surface area contributed by atoms with Crippen LogP contribution in [0.1, 0.15) is 37.3 Å². The fraction of sp³-hybridized carbons (Fsp3) is 0.391. The number of nitrogens with one attached hydrogen (secondary N) is 2. The van der Waals surface area contributed by atoms with Crippen molar-refractivity contribution in [2.45, 2.75) is 39.5 Å². The SMILES string of the molecule is C=C(/C=C\C=C/C)SSCCC(=O)NCCNC(=O)CCCc1ccc(C)cc1. The van der Waals surface area contributed by atoms with Gasteiger partial charge in [-0.1, -0.05) is 76.2 Å². The van der Waals surface area contributed by atoms with Crippen molar-refractivity contribution in [3.63, 3.8) is 0 Å². The van der Waals surface area contributed by atoms with E-state index in [1.54, 1.807) is 21.6 Å². The highest BCUT2D eigenvalue weighted by Crippen LogP contribution is 2.29. The number of hydrogen-bond acceptors (Lipinski definition) is 4. The van der Waals surface area contributed by atoms with E-state index in [2.05, 4.69) is 48.4 Å². The average Bonchev–Trinajstić information content (AvgIpc) is 2.70. The van der Waals surface area contributed by atoms with Crippen molar-refractivity contribution >= 4 is 33.4 Å². The van der Waals surface area contributed by atoms with Crippen LogP contribution in [-0.4, -0.2) is 30.7 Å². The van der Waals surface area contributed by atoms with Crippen molar-refractivity contribution in [3.05, 3.63) is 71.2 Å². The van der Waals surface area contributed by atoms with Gasteiger partial charge in [-0.05, 0) is 38.3 Å². The molecule has 0 aliphatic heterocycles. The van der Waals surface area contributed by atoms with E-state index in [4.69, 9.17) is 0 Å². The zero-order chi connectivity index (χ0) is 21.3. The van der Waals surface area contributed by atoms with Gasteiger partial charge in [0.25, 0.3) is 0 Å². The quantitative estimate of drug-likeness (QED) is 0.248. The molecule has 0 spiro atoms. The maximum Gasteiger partial charge on any atom is 0.220 e. The van der Waals surface area contributed by atoms with Gasteiger partial charge in [0.05, 0.1) is 0 Å². The van der Waals surface area contributed by atoms with Gasteiger partial charge >= 0.3 is 0 Å². The molecule has 0 saturated heterocycles. The Hall–Kier alpha value is -1.92. The molecule has 0 unspecified atom stereocenters. The van der Waals surface area contributed by atoms with Gasteiger partial charge in [0, 0.05) is 36.6 Å². The van der Waals surface area contributed by atoms with Crippen molar-refractivity contribution < 1.29 is 9.59 Å². The van der Waals surface area contributed by atoms with E-state index < -0.39 is 0 Å². The van der Waals surface area contributed by atoms with Crippen molar-refractivity contribution in [2.75, 3.05) is 18.8 Å². The second kappa shape index (κ2) is 15.9. The van der Waals surface area contributed by atoms with Crippen LogP contribution in [-0.2, 0) is 16.0 Å². The molecule has 0 aliphatic carbocycles. The van der Waals surface area contributed by atoms with Gasteiger partial charge in [0.2, 0.25) is 11.8 Å². The molecule has 2 N–H and O–H groups in total. The Labute approximate surface area is 183 Å². The van der Waals surface area contributed by atoms with Gasteiger partial charge in [0.1, 0.15) is 0 Å². The predicted molar refractivity (Wildman–Crippen MR) is 128 cm³/mol. The first kappa shape index (κ1) is 25.1. The number of hydrogen-bond donors (Lipinski definition) is 2. The maximum absolute atomic E-state index is 11.9. The fourth-order valence-electron chi connectivity index (χ4n) is 2.34. The first-order valence-corrected chi connectivity index (χ1v) is 12.2. The first-order valence-electron chi connectivity index (χ1n) is 9.88. The lowest BCUT2D eigenvalue weighted by Crippen LogP contribution is -2.34. The summed E-state index contributed by atoms with van der Waals surface area (Å²) in [5.41, 5.74) is 2.50. The topological polar surface area (TPSA) is 58.2 Å². The molecule has 1 rings (SSSR count). The predicted octanol–water partition coefficient (Wildman–Crippen LogP) is 4.97. The van der Waals surface area contributed by atoms with Crippen LogP contribution in [0.25, 0.3) is 0 Å². The molecule has 0 saturated carbocycles. The molecular weight excluding hydrogens is 400 g/mol. The van der Waals surface area contributed by atoms with E-state index in [9.17, 15) is 9.59 Å². The van der Waals surface area contributed by atoms with Gasteiger partial charge in [-0.3, -0.25) is 9.59 Å². The van der Waals surface area contributed by atoms with E-state index in [1.807, 2.05) is 31.2 Å². The Morgan fingerprint density at radius 1 is 1.03 bits per heavy atom. The molecule has 0 aromatic heterocycles. The number of aryl methyl sites for hydroxylation is 2. The minimum atomic E-state index is 0.00166. The average molecular weight is 433 g/mol. The second-order valence-corrected chi connectivity index (χ2v) is 9.09. The van der Waals surface area contributed by atoms with Crippen LogP contribution in [0.15, 0.2) is 60.1 Å². The van der Waals surface area contributed by atoms with Crippen LogP contribution in [0.3, 0.4) is 0 Å². The van der Waals surface area contributed by atoms with Crippen LogP contribution in [0, 0.1) is 6.92 Å². The van der Waals surface area contributed by atoms with Crippen LogP contribution >= 0.6 is 21.6 Å². The Balaban J connectivity index is 2.00. The minimum Gasteiger partial charge on any atom is -0.354 e. The summed E-state index contributed by atoms with van der Waals surface area (Å²) in [5, 5.41) is 5.69. The first-order chi connectivity index (χ1) is 14.0. The third kappa shape index (κ3) is 13.8. The molecule has 4 nitrogen and oxygen atoms in total. The molecule has 0 aliphatic rings. The van der Waals surface area contributed by atoms with Crippen molar-refractivity contribution in [3.8, 4) is 0 Å². The molecule has 6 heteroatoms. The molecule has 1 aromatic rings. The molecular formula is C23H32N2O2S2. The lowest BCUT2D eigenvalue weighted by molar-refractivity contribution is -0.122. The number of amides is 2. The van der Waals surface area contributed by atoms with Gasteiger partial charge in [-0.15, -0.1) is 0 Å². The molecule has 29 heavy (non-hydrogen) atoms. The van der Waals surface area contributed by atoms with Crippen LogP contribution in [0.5, 0.6) is 0 Å². The summed E-state index contributed by atoms with van der Waals surface area (Å²) in [4.78, 5) is 24.6. The Morgan fingerprint density at radius 3 is 2.34 bits per heavy atom. The van der Waals surface area contributed by atoms with Gasteiger partial charge < -0.3 is 10.6 Å². The summed E-state index contributed by atoms with van der Waals surface area (Å²) in [5.74, 6) is 0.753. The second-order valence-electron chi connectivity index (χ2n) is 6.55. The Kier molecular flexibility index (Phi) is 13.8. The highest BCUT2D eigenvalue weighted by atomic mass is 33.1. The number of allylic oxidation sites excluding steroid dienone is 4. The molecule has 1 aromatic carbocycles. The highest BCUT2D eigenvalue weighted by Gasteiger charge is 2.04. The summed E-state index contributed by atoms with van der Waals surface area (Å²) in [6, 6.07) is 8.40. The van der Waals surface area contributed by atoms with E-state index in [1.165, 1.54) is 11.1 Å². The summed E-state index contributed by atoms with van der Waals surface area (Å²) >= 11 is 0. The van der Waals surface area contributed by atoms with E-state index in [-0.39, 0.29) is 11.8 Å². The minimum absolute atomic E-state index is 0.00166. The highest BCUT2D eigenvalue weighted by molar-refractivity contribution is 8.78. The summed E-state index contributed by atoms with van der Waals surface area (Å²) < 4.78 is 0.